The van der Waals surface area contributed by atoms with Gasteiger partial charge in [-0.1, -0.05) is 156 Å². The van der Waals surface area contributed by atoms with Crippen LogP contribution in [0.15, 0.2) is 24.3 Å². The Morgan fingerprint density at radius 2 is 0.789 bits per heavy atom. The van der Waals surface area contributed by atoms with Crippen molar-refractivity contribution in [3.8, 4) is 0 Å². The van der Waals surface area contributed by atoms with Crippen LogP contribution in [0, 0.1) is 0 Å². The van der Waals surface area contributed by atoms with E-state index in [1.807, 2.05) is 6.92 Å². The van der Waals surface area contributed by atoms with Crippen molar-refractivity contribution in [3.05, 3.63) is 24.3 Å². The molecule has 0 aliphatic carbocycles. The summed E-state index contributed by atoms with van der Waals surface area (Å²) in [6.45, 7) is 16.5. The Hall–Kier alpha value is -1.58. The lowest BCUT2D eigenvalue weighted by Crippen LogP contribution is -2.08. The van der Waals surface area contributed by atoms with Gasteiger partial charge in [0.15, 0.2) is 0 Å². The molecular weight excluding hydrogens is 472 g/mol. The molecule has 4 heteroatoms. The molecule has 0 heterocycles. The van der Waals surface area contributed by atoms with E-state index in [0.29, 0.717) is 24.4 Å². The third kappa shape index (κ3) is 30.6. The summed E-state index contributed by atoms with van der Waals surface area (Å²) in [4.78, 5) is 22.4. The van der Waals surface area contributed by atoms with Gasteiger partial charge in [0.05, 0.1) is 13.2 Å². The fourth-order valence-electron chi connectivity index (χ4n) is 4.14. The summed E-state index contributed by atoms with van der Waals surface area (Å²) >= 11 is 0. The van der Waals surface area contributed by atoms with E-state index >= 15 is 0 Å². The SMILES string of the molecule is C=C(C)C(=O)OCCCCCCCCCCCCCCCCCC.C=C(CCC)C(=O)OCCCCCC. The molecule has 0 saturated heterocycles. The van der Waals surface area contributed by atoms with E-state index in [0.717, 1.165) is 32.1 Å². The highest BCUT2D eigenvalue weighted by molar-refractivity contribution is 5.87. The molecule has 0 aromatic heterocycles. The molecule has 0 bridgehead atoms. The number of carbonyl (C=O) groups is 2. The van der Waals surface area contributed by atoms with E-state index in [2.05, 4.69) is 27.0 Å². The van der Waals surface area contributed by atoms with Crippen molar-refractivity contribution in [2.45, 2.75) is 169 Å². The van der Waals surface area contributed by atoms with E-state index in [1.165, 1.54) is 109 Å². The smallest absolute Gasteiger partial charge is 0.333 e. The summed E-state index contributed by atoms with van der Waals surface area (Å²) in [7, 11) is 0. The fraction of sp³-hybridized carbons (Fsp3) is 0.824. The van der Waals surface area contributed by atoms with Gasteiger partial charge in [-0.15, -0.1) is 0 Å². The van der Waals surface area contributed by atoms with Gasteiger partial charge in [0.25, 0.3) is 0 Å². The molecule has 0 amide bonds. The van der Waals surface area contributed by atoms with Crippen molar-refractivity contribution in [2.24, 2.45) is 0 Å². The van der Waals surface area contributed by atoms with Gasteiger partial charge in [-0.25, -0.2) is 9.59 Å². The minimum atomic E-state index is -0.254. The van der Waals surface area contributed by atoms with E-state index in [9.17, 15) is 9.59 Å². The van der Waals surface area contributed by atoms with Crippen LogP contribution in [0.4, 0.5) is 0 Å². The molecule has 0 aliphatic rings. The molecule has 0 radical (unpaired) electrons. The monoisotopic (exact) mass is 536 g/mol. The molecule has 38 heavy (non-hydrogen) atoms. The number of ether oxygens (including phenoxy) is 2. The maximum absolute atomic E-state index is 11.2. The van der Waals surface area contributed by atoms with Crippen LogP contribution in [0.2, 0.25) is 0 Å². The number of unbranched alkanes of at least 4 members (excludes halogenated alkanes) is 18. The Morgan fingerprint density at radius 1 is 0.474 bits per heavy atom. The second kappa shape index (κ2) is 31.6. The summed E-state index contributed by atoms with van der Waals surface area (Å²) in [5, 5.41) is 0. The van der Waals surface area contributed by atoms with Crippen molar-refractivity contribution in [1.29, 1.82) is 0 Å². The van der Waals surface area contributed by atoms with Crippen molar-refractivity contribution in [2.75, 3.05) is 13.2 Å². The van der Waals surface area contributed by atoms with Gasteiger partial charge in [-0.05, 0) is 26.2 Å². The van der Waals surface area contributed by atoms with E-state index in [-0.39, 0.29) is 11.9 Å². The molecule has 0 N–H and O–H groups in total. The lowest BCUT2D eigenvalue weighted by Gasteiger charge is -2.05. The normalized spacial score (nSPS) is 10.4. The van der Waals surface area contributed by atoms with Crippen molar-refractivity contribution >= 4 is 11.9 Å². The highest BCUT2D eigenvalue weighted by Gasteiger charge is 2.06. The topological polar surface area (TPSA) is 52.6 Å². The molecular formula is C34H64O4. The molecule has 0 aliphatic heterocycles. The van der Waals surface area contributed by atoms with Gasteiger partial charge >= 0.3 is 11.9 Å². The Bertz CT molecular complexity index is 567. The van der Waals surface area contributed by atoms with Crippen LogP contribution in [0.5, 0.6) is 0 Å². The maximum Gasteiger partial charge on any atom is 0.333 e. The van der Waals surface area contributed by atoms with Crippen LogP contribution in [0.3, 0.4) is 0 Å². The highest BCUT2D eigenvalue weighted by Crippen LogP contribution is 2.14. The van der Waals surface area contributed by atoms with Crippen LogP contribution in [0.25, 0.3) is 0 Å². The first-order valence-electron chi connectivity index (χ1n) is 16.1. The predicted molar refractivity (Wildman–Crippen MR) is 164 cm³/mol. The second-order valence-electron chi connectivity index (χ2n) is 10.8. The quantitative estimate of drug-likeness (QED) is 0.0626. The Kier molecular flexibility index (Phi) is 32.1. The van der Waals surface area contributed by atoms with Crippen LogP contribution in [0.1, 0.15) is 169 Å². The van der Waals surface area contributed by atoms with Gasteiger partial charge in [0, 0.05) is 11.1 Å². The van der Waals surface area contributed by atoms with E-state index in [4.69, 9.17) is 9.47 Å². The molecule has 0 saturated carbocycles. The first-order valence-corrected chi connectivity index (χ1v) is 16.1. The molecule has 0 spiro atoms. The number of hydrogen-bond acceptors (Lipinski definition) is 4. The minimum absolute atomic E-state index is 0.219. The Balaban J connectivity index is 0. The largest absolute Gasteiger partial charge is 0.462 e. The second-order valence-corrected chi connectivity index (χ2v) is 10.8. The van der Waals surface area contributed by atoms with Crippen molar-refractivity contribution in [1.82, 2.24) is 0 Å². The van der Waals surface area contributed by atoms with E-state index in [1.54, 1.807) is 6.92 Å². The van der Waals surface area contributed by atoms with Gasteiger partial charge in [0.2, 0.25) is 0 Å². The van der Waals surface area contributed by atoms with Crippen LogP contribution in [-0.2, 0) is 19.1 Å². The molecule has 0 rings (SSSR count). The fourth-order valence-corrected chi connectivity index (χ4v) is 4.14. The lowest BCUT2D eigenvalue weighted by atomic mass is 10.0. The standard InChI is InChI=1S/C22H42O2.C12H22O2/c1-4-5-6-7-8-9-10-11-12-13-14-15-16-17-18-19-20-24-22(23)21(2)3;1-4-6-7-8-10-14-12(13)11(3)9-5-2/h2,4-20H2,1,3H3;3-10H2,1-2H3. The Morgan fingerprint density at radius 3 is 1.13 bits per heavy atom. The van der Waals surface area contributed by atoms with Crippen molar-refractivity contribution in [3.63, 3.8) is 0 Å². The van der Waals surface area contributed by atoms with Crippen LogP contribution in [-0.4, -0.2) is 25.2 Å². The number of hydrogen-bond donors (Lipinski definition) is 0. The molecule has 0 atom stereocenters. The number of rotatable bonds is 26. The van der Waals surface area contributed by atoms with Crippen molar-refractivity contribution < 1.29 is 19.1 Å². The van der Waals surface area contributed by atoms with Gasteiger partial charge in [-0.2, -0.15) is 0 Å². The summed E-state index contributed by atoms with van der Waals surface area (Å²) < 4.78 is 10.1. The molecule has 224 valence electrons. The molecule has 0 aromatic carbocycles. The average Bonchev–Trinajstić information content (AvgIpc) is 2.90. The minimum Gasteiger partial charge on any atom is -0.462 e. The zero-order chi connectivity index (χ0) is 28.7. The third-order valence-electron chi connectivity index (χ3n) is 6.65. The van der Waals surface area contributed by atoms with Gasteiger partial charge < -0.3 is 9.47 Å². The number of esters is 2. The lowest BCUT2D eigenvalue weighted by molar-refractivity contribution is -0.140. The van der Waals surface area contributed by atoms with Gasteiger partial charge in [-0.3, -0.25) is 0 Å². The molecule has 0 fully saturated rings. The summed E-state index contributed by atoms with van der Waals surface area (Å²) in [6, 6.07) is 0. The Labute approximate surface area is 237 Å². The zero-order valence-corrected chi connectivity index (χ0v) is 26.0. The zero-order valence-electron chi connectivity index (χ0n) is 26.0. The number of carbonyl (C=O) groups excluding carboxylic acids is 2. The average molecular weight is 537 g/mol. The third-order valence-corrected chi connectivity index (χ3v) is 6.65. The summed E-state index contributed by atoms with van der Waals surface area (Å²) in [6.07, 6.45) is 28.0. The molecule has 0 unspecified atom stereocenters. The first kappa shape index (κ1) is 38.6. The summed E-state index contributed by atoms with van der Waals surface area (Å²) in [5.74, 6) is -0.473. The first-order chi connectivity index (χ1) is 18.4. The maximum atomic E-state index is 11.2. The van der Waals surface area contributed by atoms with Crippen LogP contribution >= 0.6 is 0 Å². The van der Waals surface area contributed by atoms with E-state index < -0.39 is 0 Å². The molecule has 0 aromatic rings. The highest BCUT2D eigenvalue weighted by atomic mass is 16.5. The summed E-state index contributed by atoms with van der Waals surface area (Å²) in [5.41, 5.74) is 1.09. The predicted octanol–water partition coefficient (Wildman–Crippen LogP) is 10.8. The molecule has 4 nitrogen and oxygen atoms in total. The van der Waals surface area contributed by atoms with Gasteiger partial charge in [0.1, 0.15) is 0 Å². The van der Waals surface area contributed by atoms with Crippen LogP contribution < -0.4 is 0 Å².